The van der Waals surface area contributed by atoms with Gasteiger partial charge in [-0.1, -0.05) is 37.6 Å². The van der Waals surface area contributed by atoms with Gasteiger partial charge in [-0.05, 0) is 49.7 Å². The smallest absolute Gasteiger partial charge is 0.0924 e. The summed E-state index contributed by atoms with van der Waals surface area (Å²) in [6, 6.07) is 8.54. The normalized spacial score (nSPS) is 26.1. The van der Waals surface area contributed by atoms with Crippen LogP contribution in [0.5, 0.6) is 0 Å². The Kier molecular flexibility index (Phi) is 2.38. The van der Waals surface area contributed by atoms with Crippen LogP contribution >= 0.6 is 0 Å². The molecule has 0 saturated heterocycles. The van der Waals surface area contributed by atoms with Crippen LogP contribution in [0.25, 0.3) is 0 Å². The van der Waals surface area contributed by atoms with Gasteiger partial charge >= 0.3 is 0 Å². The number of benzene rings is 1. The quantitative estimate of drug-likeness (QED) is 0.833. The van der Waals surface area contributed by atoms with E-state index in [1.54, 1.807) is 0 Å². The van der Waals surface area contributed by atoms with Gasteiger partial charge in [0.15, 0.2) is 0 Å². The van der Waals surface area contributed by atoms with Gasteiger partial charge in [-0.15, -0.1) is 0 Å². The highest BCUT2D eigenvalue weighted by Crippen LogP contribution is 2.59. The van der Waals surface area contributed by atoms with Crippen LogP contribution in [-0.2, 0) is 5.60 Å². The Morgan fingerprint density at radius 3 is 2.41 bits per heavy atom. The minimum Gasteiger partial charge on any atom is -0.385 e. The van der Waals surface area contributed by atoms with Crippen molar-refractivity contribution >= 4 is 0 Å². The van der Waals surface area contributed by atoms with Crippen LogP contribution < -0.4 is 0 Å². The number of rotatable bonds is 3. The minimum atomic E-state index is -0.654. The van der Waals surface area contributed by atoms with E-state index in [0.29, 0.717) is 5.92 Å². The third-order valence-electron chi connectivity index (χ3n) is 5.21. The average molecular weight is 230 g/mol. The van der Waals surface area contributed by atoms with Crippen molar-refractivity contribution < 1.29 is 5.11 Å². The van der Waals surface area contributed by atoms with Gasteiger partial charge in [0.05, 0.1) is 5.60 Å². The van der Waals surface area contributed by atoms with Crippen LogP contribution in [0.4, 0.5) is 0 Å². The second-order valence-corrected chi connectivity index (χ2v) is 6.35. The van der Waals surface area contributed by atoms with Crippen LogP contribution in [0, 0.1) is 5.41 Å². The molecule has 2 fully saturated rings. The summed E-state index contributed by atoms with van der Waals surface area (Å²) < 4.78 is 0. The summed E-state index contributed by atoms with van der Waals surface area (Å²) in [5.41, 5.74) is 2.04. The van der Waals surface area contributed by atoms with Gasteiger partial charge in [0.1, 0.15) is 0 Å². The summed E-state index contributed by atoms with van der Waals surface area (Å²) in [6.45, 7) is 4.22. The van der Waals surface area contributed by atoms with Gasteiger partial charge < -0.3 is 5.11 Å². The highest BCUT2D eigenvalue weighted by Gasteiger charge is 2.53. The predicted octanol–water partition coefficient (Wildman–Crippen LogP) is 3.96. The van der Waals surface area contributed by atoms with Crippen molar-refractivity contribution in [3.8, 4) is 0 Å². The number of hydrogen-bond donors (Lipinski definition) is 1. The third kappa shape index (κ3) is 1.63. The van der Waals surface area contributed by atoms with Crippen molar-refractivity contribution in [1.29, 1.82) is 0 Å². The largest absolute Gasteiger partial charge is 0.385 e. The zero-order valence-electron chi connectivity index (χ0n) is 10.9. The Bertz CT molecular complexity index is 425. The molecule has 0 bridgehead atoms. The van der Waals surface area contributed by atoms with Gasteiger partial charge in [0.2, 0.25) is 0 Å². The highest BCUT2D eigenvalue weighted by molar-refractivity contribution is 5.38. The van der Waals surface area contributed by atoms with E-state index in [0.717, 1.165) is 12.8 Å². The van der Waals surface area contributed by atoms with Crippen molar-refractivity contribution in [2.24, 2.45) is 5.41 Å². The molecule has 17 heavy (non-hydrogen) atoms. The average Bonchev–Trinajstić information content (AvgIpc) is 2.96. The zero-order valence-corrected chi connectivity index (χ0v) is 10.9. The molecule has 0 aromatic heterocycles. The van der Waals surface area contributed by atoms with E-state index >= 15 is 0 Å². The lowest BCUT2D eigenvalue weighted by Crippen LogP contribution is -2.33. The van der Waals surface area contributed by atoms with Gasteiger partial charge in [-0.3, -0.25) is 0 Å². The van der Waals surface area contributed by atoms with E-state index < -0.39 is 5.60 Å². The molecule has 1 aromatic carbocycles. The molecule has 2 aliphatic rings. The lowest BCUT2D eigenvalue weighted by Gasteiger charge is -2.36. The zero-order chi connectivity index (χ0) is 12.1. The standard InChI is InChI=1S/C16H22O/c1-15(10-11-15)16(2,17)14-9-4-3-8-13(14)12-6-5-7-12/h3-4,8-9,12,17H,5-7,10-11H2,1-2H3. The molecule has 1 heteroatoms. The van der Waals surface area contributed by atoms with E-state index in [1.165, 1.54) is 30.4 Å². The summed E-state index contributed by atoms with van der Waals surface area (Å²) in [7, 11) is 0. The van der Waals surface area contributed by atoms with E-state index in [2.05, 4.69) is 31.2 Å². The summed E-state index contributed by atoms with van der Waals surface area (Å²) in [5, 5.41) is 10.9. The Balaban J connectivity index is 2.01. The van der Waals surface area contributed by atoms with Crippen molar-refractivity contribution in [3.05, 3.63) is 35.4 Å². The molecule has 92 valence electrons. The Labute approximate surface area is 104 Å². The fourth-order valence-corrected chi connectivity index (χ4v) is 3.02. The van der Waals surface area contributed by atoms with Crippen molar-refractivity contribution in [2.75, 3.05) is 0 Å². The fourth-order valence-electron chi connectivity index (χ4n) is 3.02. The molecule has 1 N–H and O–H groups in total. The highest BCUT2D eigenvalue weighted by atomic mass is 16.3. The summed E-state index contributed by atoms with van der Waals surface area (Å²) in [6.07, 6.45) is 6.24. The first-order chi connectivity index (χ1) is 8.05. The van der Waals surface area contributed by atoms with Gasteiger partial charge in [-0.2, -0.15) is 0 Å². The van der Waals surface area contributed by atoms with Crippen LogP contribution in [0.15, 0.2) is 24.3 Å². The van der Waals surface area contributed by atoms with Crippen LogP contribution in [-0.4, -0.2) is 5.11 Å². The van der Waals surface area contributed by atoms with Crippen LogP contribution in [0.2, 0.25) is 0 Å². The Hall–Kier alpha value is -0.820. The van der Waals surface area contributed by atoms with Crippen LogP contribution in [0.1, 0.15) is 63.0 Å². The van der Waals surface area contributed by atoms with Gasteiger partial charge in [0, 0.05) is 5.41 Å². The molecule has 1 unspecified atom stereocenters. The third-order valence-corrected chi connectivity index (χ3v) is 5.21. The molecule has 3 rings (SSSR count). The fraction of sp³-hybridized carbons (Fsp3) is 0.625. The van der Waals surface area contributed by atoms with E-state index in [4.69, 9.17) is 0 Å². The minimum absolute atomic E-state index is 0.104. The molecular formula is C16H22O. The molecule has 0 heterocycles. The maximum Gasteiger partial charge on any atom is 0.0924 e. The van der Waals surface area contributed by atoms with Gasteiger partial charge in [0.25, 0.3) is 0 Å². The molecule has 1 nitrogen and oxygen atoms in total. The summed E-state index contributed by atoms with van der Waals surface area (Å²) >= 11 is 0. The second-order valence-electron chi connectivity index (χ2n) is 6.35. The lowest BCUT2D eigenvalue weighted by molar-refractivity contribution is -0.0140. The van der Waals surface area contributed by atoms with E-state index in [-0.39, 0.29) is 5.41 Å². The molecule has 2 saturated carbocycles. The molecule has 0 aliphatic heterocycles. The summed E-state index contributed by atoms with van der Waals surface area (Å²) in [4.78, 5) is 0. The molecule has 1 aromatic rings. The first-order valence-corrected chi connectivity index (χ1v) is 6.86. The maximum atomic E-state index is 10.9. The molecule has 0 radical (unpaired) electrons. The number of hydrogen-bond acceptors (Lipinski definition) is 1. The lowest BCUT2D eigenvalue weighted by atomic mass is 9.72. The monoisotopic (exact) mass is 230 g/mol. The SMILES string of the molecule is CC1(C(C)(O)c2ccccc2C2CCC2)CC1. The maximum absolute atomic E-state index is 10.9. The first-order valence-electron chi connectivity index (χ1n) is 6.86. The molecule has 2 aliphatic carbocycles. The van der Waals surface area contributed by atoms with Crippen molar-refractivity contribution in [1.82, 2.24) is 0 Å². The predicted molar refractivity (Wildman–Crippen MR) is 69.9 cm³/mol. The molecular weight excluding hydrogens is 208 g/mol. The number of aliphatic hydroxyl groups is 1. The second kappa shape index (κ2) is 3.58. The van der Waals surface area contributed by atoms with Crippen molar-refractivity contribution in [2.45, 2.75) is 57.5 Å². The molecule has 0 amide bonds. The van der Waals surface area contributed by atoms with Crippen molar-refractivity contribution in [3.63, 3.8) is 0 Å². The van der Waals surface area contributed by atoms with E-state index in [9.17, 15) is 5.11 Å². The van der Waals surface area contributed by atoms with Gasteiger partial charge in [-0.25, -0.2) is 0 Å². The van der Waals surface area contributed by atoms with Crippen LogP contribution in [0.3, 0.4) is 0 Å². The first kappa shape index (κ1) is 11.3. The molecule has 0 spiro atoms. The Morgan fingerprint density at radius 2 is 1.88 bits per heavy atom. The van der Waals surface area contributed by atoms with E-state index in [1.807, 2.05) is 6.92 Å². The molecule has 1 atom stereocenters. The Morgan fingerprint density at radius 1 is 1.24 bits per heavy atom. The summed E-state index contributed by atoms with van der Waals surface area (Å²) in [5.74, 6) is 0.694. The topological polar surface area (TPSA) is 20.2 Å².